The fourth-order valence-corrected chi connectivity index (χ4v) is 3.66. The van der Waals surface area contributed by atoms with E-state index in [2.05, 4.69) is 15.0 Å². The number of piperazine rings is 1. The zero-order valence-electron chi connectivity index (χ0n) is 18.7. The average Bonchev–Trinajstić information content (AvgIpc) is 2.79. The Morgan fingerprint density at radius 2 is 1.74 bits per heavy atom. The number of nitrogens with one attached hydrogen (secondary N) is 1. The van der Waals surface area contributed by atoms with E-state index in [-0.39, 0.29) is 23.0 Å². The Kier molecular flexibility index (Phi) is 7.94. The van der Waals surface area contributed by atoms with Crippen molar-refractivity contribution < 1.29 is 32.4 Å². The lowest BCUT2D eigenvalue weighted by atomic mass is 10.1. The van der Waals surface area contributed by atoms with Crippen molar-refractivity contribution in [2.24, 2.45) is 0 Å². The highest BCUT2D eigenvalue weighted by atomic mass is 19.4. The van der Waals surface area contributed by atoms with E-state index in [0.717, 1.165) is 5.56 Å². The smallest absolute Gasteiger partial charge is 0.496 e. The molecule has 0 saturated carbocycles. The summed E-state index contributed by atoms with van der Waals surface area (Å²) >= 11 is 0. The van der Waals surface area contributed by atoms with Crippen LogP contribution in [0.3, 0.4) is 0 Å². The first-order valence-corrected chi connectivity index (χ1v) is 10.5. The highest BCUT2D eigenvalue weighted by Crippen LogP contribution is 2.29. The summed E-state index contributed by atoms with van der Waals surface area (Å²) in [6.07, 6.45) is -4.72. The molecule has 0 radical (unpaired) electrons. The van der Waals surface area contributed by atoms with Crippen LogP contribution in [-0.2, 0) is 11.3 Å². The van der Waals surface area contributed by atoms with Crippen molar-refractivity contribution in [2.45, 2.75) is 25.9 Å². The second kappa shape index (κ2) is 10.7. The molecule has 184 valence electrons. The van der Waals surface area contributed by atoms with Gasteiger partial charge >= 0.3 is 6.36 Å². The molecule has 1 atom stereocenters. The lowest BCUT2D eigenvalue weighted by Gasteiger charge is -2.37. The van der Waals surface area contributed by atoms with E-state index in [1.54, 1.807) is 19.1 Å². The quantitative estimate of drug-likeness (QED) is 0.453. The van der Waals surface area contributed by atoms with Gasteiger partial charge in [0.25, 0.3) is 5.69 Å². The molecule has 9 nitrogen and oxygen atoms in total. The standard InChI is InChI=1S/C22H25F3N4O5/c1-15(21(30)26-19-8-7-18(33-2)13-20(19)29(31)32)28-11-9-27(10-12-28)14-16-3-5-17(6-4-16)34-22(23,24)25/h3-8,13,15H,9-12,14H2,1-2H3,(H,26,30). The lowest BCUT2D eigenvalue weighted by Crippen LogP contribution is -2.52. The van der Waals surface area contributed by atoms with Crippen LogP contribution in [0, 0.1) is 10.1 Å². The number of nitrogens with zero attached hydrogens (tertiary/aromatic N) is 3. The molecule has 12 heteroatoms. The molecule has 2 aromatic carbocycles. The number of halogens is 3. The Bertz CT molecular complexity index is 1010. The molecule has 1 heterocycles. The highest BCUT2D eigenvalue weighted by molar-refractivity contribution is 5.96. The van der Waals surface area contributed by atoms with Crippen LogP contribution in [-0.4, -0.2) is 66.3 Å². The van der Waals surface area contributed by atoms with Gasteiger partial charge in [-0.1, -0.05) is 12.1 Å². The summed E-state index contributed by atoms with van der Waals surface area (Å²) in [4.78, 5) is 27.6. The average molecular weight is 482 g/mol. The van der Waals surface area contributed by atoms with Crippen LogP contribution < -0.4 is 14.8 Å². The van der Waals surface area contributed by atoms with Crippen LogP contribution in [0.25, 0.3) is 0 Å². The number of nitro benzene ring substituents is 1. The van der Waals surface area contributed by atoms with Gasteiger partial charge in [0, 0.05) is 32.7 Å². The molecule has 1 amide bonds. The molecule has 1 aliphatic heterocycles. The van der Waals surface area contributed by atoms with Crippen LogP contribution >= 0.6 is 0 Å². The molecule has 1 unspecified atom stereocenters. The van der Waals surface area contributed by atoms with Crippen LogP contribution in [0.5, 0.6) is 11.5 Å². The Morgan fingerprint density at radius 1 is 1.12 bits per heavy atom. The number of amides is 1. The van der Waals surface area contributed by atoms with Gasteiger partial charge in [-0.05, 0) is 36.8 Å². The number of ether oxygens (including phenoxy) is 2. The Morgan fingerprint density at radius 3 is 2.29 bits per heavy atom. The Balaban J connectivity index is 1.52. The monoisotopic (exact) mass is 482 g/mol. The predicted octanol–water partition coefficient (Wildman–Crippen LogP) is 3.65. The number of hydrogen-bond donors (Lipinski definition) is 1. The van der Waals surface area contributed by atoms with Crippen LogP contribution in [0.2, 0.25) is 0 Å². The minimum absolute atomic E-state index is 0.0965. The summed E-state index contributed by atoms with van der Waals surface area (Å²) in [7, 11) is 1.40. The van der Waals surface area contributed by atoms with Gasteiger partial charge in [-0.15, -0.1) is 13.2 Å². The minimum Gasteiger partial charge on any atom is -0.496 e. The van der Waals surface area contributed by atoms with Crippen molar-refractivity contribution in [2.75, 3.05) is 38.6 Å². The van der Waals surface area contributed by atoms with Gasteiger partial charge < -0.3 is 14.8 Å². The lowest BCUT2D eigenvalue weighted by molar-refractivity contribution is -0.384. The maximum atomic E-state index is 12.7. The molecule has 1 fully saturated rings. The molecular weight excluding hydrogens is 457 g/mol. The third kappa shape index (κ3) is 6.81. The Hall–Kier alpha value is -3.38. The van der Waals surface area contributed by atoms with Gasteiger partial charge in [0.15, 0.2) is 0 Å². The van der Waals surface area contributed by atoms with Crippen molar-refractivity contribution >= 4 is 17.3 Å². The molecule has 0 spiro atoms. The number of carbonyl (C=O) groups is 1. The second-order valence-electron chi connectivity index (χ2n) is 7.81. The summed E-state index contributed by atoms with van der Waals surface area (Å²) in [5, 5.41) is 14.0. The van der Waals surface area contributed by atoms with Gasteiger partial charge in [0.05, 0.1) is 24.1 Å². The highest BCUT2D eigenvalue weighted by Gasteiger charge is 2.31. The number of methoxy groups -OCH3 is 1. The van der Waals surface area contributed by atoms with Gasteiger partial charge in [-0.2, -0.15) is 0 Å². The van der Waals surface area contributed by atoms with Crippen molar-refractivity contribution in [3.05, 3.63) is 58.1 Å². The zero-order chi connectivity index (χ0) is 24.9. The van der Waals surface area contributed by atoms with Crippen LogP contribution in [0.1, 0.15) is 12.5 Å². The van der Waals surface area contributed by atoms with E-state index in [1.165, 1.54) is 37.4 Å². The van der Waals surface area contributed by atoms with E-state index in [9.17, 15) is 28.1 Å². The van der Waals surface area contributed by atoms with Crippen molar-refractivity contribution in [1.82, 2.24) is 9.80 Å². The van der Waals surface area contributed by atoms with Crippen molar-refractivity contribution in [3.63, 3.8) is 0 Å². The predicted molar refractivity (Wildman–Crippen MR) is 118 cm³/mol. The zero-order valence-corrected chi connectivity index (χ0v) is 18.7. The molecular formula is C22H25F3N4O5. The molecule has 2 aromatic rings. The summed E-state index contributed by atoms with van der Waals surface area (Å²) in [6, 6.07) is 9.45. The van der Waals surface area contributed by atoms with Gasteiger partial charge in [-0.3, -0.25) is 24.7 Å². The molecule has 0 aliphatic carbocycles. The van der Waals surface area contributed by atoms with Crippen molar-refractivity contribution in [1.29, 1.82) is 0 Å². The number of hydrogen-bond acceptors (Lipinski definition) is 7. The van der Waals surface area contributed by atoms with Crippen LogP contribution in [0.15, 0.2) is 42.5 Å². The van der Waals surface area contributed by atoms with Gasteiger partial charge in [0.2, 0.25) is 5.91 Å². The maximum Gasteiger partial charge on any atom is 0.573 e. The van der Waals surface area contributed by atoms with Crippen LogP contribution in [0.4, 0.5) is 24.5 Å². The molecule has 1 aliphatic rings. The van der Waals surface area contributed by atoms with Gasteiger partial charge in [-0.25, -0.2) is 0 Å². The molecule has 0 bridgehead atoms. The first-order chi connectivity index (χ1) is 16.1. The molecule has 1 N–H and O–H groups in total. The topological polar surface area (TPSA) is 97.2 Å². The number of rotatable bonds is 8. The first-order valence-electron chi connectivity index (χ1n) is 10.5. The summed E-state index contributed by atoms with van der Waals surface area (Å²) in [5.74, 6) is -0.309. The van der Waals surface area contributed by atoms with Crippen molar-refractivity contribution in [3.8, 4) is 11.5 Å². The number of benzene rings is 2. The molecule has 0 aromatic heterocycles. The fourth-order valence-electron chi connectivity index (χ4n) is 3.66. The summed E-state index contributed by atoms with van der Waals surface area (Å²) < 4.78 is 45.7. The van der Waals surface area contributed by atoms with E-state index in [4.69, 9.17) is 4.74 Å². The number of anilines is 1. The Labute approximate surface area is 194 Å². The maximum absolute atomic E-state index is 12.7. The number of nitro groups is 1. The minimum atomic E-state index is -4.72. The summed E-state index contributed by atoms with van der Waals surface area (Å²) in [6.45, 7) is 4.78. The largest absolute Gasteiger partial charge is 0.573 e. The SMILES string of the molecule is COc1ccc(NC(=O)C(C)N2CCN(Cc3ccc(OC(F)(F)F)cc3)CC2)c([N+](=O)[O-])c1. The summed E-state index contributed by atoms with van der Waals surface area (Å²) in [5.41, 5.74) is 0.691. The van der Waals surface area contributed by atoms with E-state index < -0.39 is 17.3 Å². The number of alkyl halides is 3. The fraction of sp³-hybridized carbons (Fsp3) is 0.409. The first kappa shape index (κ1) is 25.2. The molecule has 3 rings (SSSR count). The molecule has 1 saturated heterocycles. The third-order valence-electron chi connectivity index (χ3n) is 5.56. The second-order valence-corrected chi connectivity index (χ2v) is 7.81. The normalized spacial score (nSPS) is 16.0. The third-order valence-corrected chi connectivity index (χ3v) is 5.56. The van der Waals surface area contributed by atoms with Gasteiger partial charge in [0.1, 0.15) is 17.2 Å². The van der Waals surface area contributed by atoms with E-state index in [1.807, 2.05) is 4.90 Å². The number of carbonyl (C=O) groups excluding carboxylic acids is 1. The molecule has 34 heavy (non-hydrogen) atoms. The van der Waals surface area contributed by atoms with E-state index in [0.29, 0.717) is 38.5 Å². The van der Waals surface area contributed by atoms with E-state index >= 15 is 0 Å².